The summed E-state index contributed by atoms with van der Waals surface area (Å²) in [7, 11) is 0. The molecule has 0 saturated carbocycles. The summed E-state index contributed by atoms with van der Waals surface area (Å²) in [6, 6.07) is 9.79. The van der Waals surface area contributed by atoms with Crippen LogP contribution in [0.4, 0.5) is 0 Å². The Morgan fingerprint density at radius 2 is 1.14 bits per heavy atom. The molecule has 4 heteroatoms. The smallest absolute Gasteiger partial charge is 0.193 e. The Morgan fingerprint density at radius 1 is 0.643 bits per heavy atom. The predicted molar refractivity (Wildman–Crippen MR) is 118 cm³/mol. The third-order valence-electron chi connectivity index (χ3n) is 4.25. The summed E-state index contributed by atoms with van der Waals surface area (Å²) in [5.74, 6) is 6.61. The van der Waals surface area contributed by atoms with E-state index in [1.165, 1.54) is 5.56 Å². The first-order valence-electron chi connectivity index (χ1n) is 9.89. The third-order valence-corrected chi connectivity index (χ3v) is 4.45. The van der Waals surface area contributed by atoms with Gasteiger partial charge in [-0.3, -0.25) is 0 Å². The van der Waals surface area contributed by atoms with Gasteiger partial charge in [0, 0.05) is 17.8 Å². The topological polar surface area (TPSA) is 39.4 Å². The van der Waals surface area contributed by atoms with Crippen LogP contribution in [0.3, 0.4) is 0 Å². The zero-order chi connectivity index (χ0) is 21.4. The van der Waals surface area contributed by atoms with Crippen molar-refractivity contribution in [2.24, 2.45) is 0 Å². The number of rotatable bonds is 3. The van der Waals surface area contributed by atoms with Gasteiger partial charge in [-0.1, -0.05) is 41.5 Å². The largest absolute Gasteiger partial charge is 0.466 e. The van der Waals surface area contributed by atoms with Crippen LogP contribution in [-0.4, -0.2) is 0 Å². The zero-order valence-corrected chi connectivity index (χ0v) is 19.5. The Balaban J connectivity index is 0.000000210. The van der Waals surface area contributed by atoms with Crippen LogP contribution in [0.2, 0.25) is 5.22 Å². The maximum Gasteiger partial charge on any atom is 0.193 e. The van der Waals surface area contributed by atoms with Crippen molar-refractivity contribution in [1.82, 2.24) is 0 Å². The van der Waals surface area contributed by atoms with E-state index in [0.717, 1.165) is 28.8 Å². The monoisotopic (exact) mass is 406 g/mol. The average Bonchev–Trinajstić information content (AvgIpc) is 3.30. The maximum atomic E-state index is 5.54. The highest BCUT2D eigenvalue weighted by Gasteiger charge is 2.06. The number of hydrogen-bond acceptors (Lipinski definition) is 3. The van der Waals surface area contributed by atoms with Crippen molar-refractivity contribution < 1.29 is 13.3 Å². The predicted octanol–water partition coefficient (Wildman–Crippen LogP) is 8.79. The molecule has 28 heavy (non-hydrogen) atoms. The lowest BCUT2D eigenvalue weighted by Gasteiger charge is -1.96. The summed E-state index contributed by atoms with van der Waals surface area (Å²) >= 11 is 5.54. The zero-order valence-electron chi connectivity index (χ0n) is 18.7. The minimum Gasteiger partial charge on any atom is -0.466 e. The van der Waals surface area contributed by atoms with Gasteiger partial charge in [-0.05, 0) is 68.3 Å². The molecule has 0 aliphatic rings. The Hall–Kier alpha value is -1.87. The van der Waals surface area contributed by atoms with E-state index in [1.807, 2.05) is 32.0 Å². The lowest BCUT2D eigenvalue weighted by Crippen LogP contribution is -1.80. The maximum absolute atomic E-state index is 5.54. The molecule has 0 radical (unpaired) electrons. The standard InChI is InChI=1S/C9H14O.C8H12O.C7H9ClO/c1-6(2)9-5-7(3)8(4)10-9;1-6(2)8-5-4-7(3)9-8;1-5(2)6-3-4-7(8)9-6/h5-6H,1-4H3;4-6H,1-3H3;3-5H,1-2H3. The molecule has 3 nitrogen and oxygen atoms in total. The summed E-state index contributed by atoms with van der Waals surface area (Å²) < 4.78 is 15.9. The molecular weight excluding hydrogens is 372 g/mol. The van der Waals surface area contributed by atoms with Crippen LogP contribution in [0, 0.1) is 20.8 Å². The number of aryl methyl sites for hydroxylation is 3. The molecule has 3 aromatic rings. The van der Waals surface area contributed by atoms with Gasteiger partial charge in [0.1, 0.15) is 28.8 Å². The molecule has 0 atom stereocenters. The van der Waals surface area contributed by atoms with Crippen LogP contribution in [0.5, 0.6) is 0 Å². The van der Waals surface area contributed by atoms with E-state index in [1.54, 1.807) is 6.07 Å². The van der Waals surface area contributed by atoms with Crippen LogP contribution < -0.4 is 0 Å². The normalized spacial score (nSPS) is 10.8. The van der Waals surface area contributed by atoms with Gasteiger partial charge in [-0.2, -0.15) is 0 Å². The number of hydrogen-bond donors (Lipinski definition) is 0. The quantitative estimate of drug-likeness (QED) is 0.436. The Bertz CT molecular complexity index is 755. The fourth-order valence-electron chi connectivity index (χ4n) is 2.29. The molecule has 0 amide bonds. The van der Waals surface area contributed by atoms with Crippen LogP contribution in [-0.2, 0) is 0 Å². The Kier molecular flexibility index (Phi) is 9.68. The van der Waals surface area contributed by atoms with E-state index in [9.17, 15) is 0 Å². The van der Waals surface area contributed by atoms with E-state index in [4.69, 9.17) is 24.9 Å². The summed E-state index contributed by atoms with van der Waals surface area (Å²) in [6.45, 7) is 18.7. The van der Waals surface area contributed by atoms with Crippen molar-refractivity contribution in [3.05, 3.63) is 69.9 Å². The van der Waals surface area contributed by atoms with Gasteiger partial charge < -0.3 is 13.3 Å². The molecule has 3 aromatic heterocycles. The van der Waals surface area contributed by atoms with Crippen molar-refractivity contribution in [2.45, 2.75) is 80.1 Å². The van der Waals surface area contributed by atoms with Gasteiger partial charge in [0.05, 0.1) is 0 Å². The molecule has 156 valence electrons. The Labute approximate surface area is 175 Å². The first-order chi connectivity index (χ1) is 13.0. The van der Waals surface area contributed by atoms with Crippen molar-refractivity contribution in [3.8, 4) is 0 Å². The number of halogens is 1. The van der Waals surface area contributed by atoms with Gasteiger partial charge in [-0.15, -0.1) is 0 Å². The second kappa shape index (κ2) is 11.2. The van der Waals surface area contributed by atoms with Gasteiger partial charge in [0.15, 0.2) is 5.22 Å². The molecule has 3 heterocycles. The van der Waals surface area contributed by atoms with Crippen molar-refractivity contribution >= 4 is 11.6 Å². The molecule has 0 N–H and O–H groups in total. The highest BCUT2D eigenvalue weighted by Crippen LogP contribution is 2.21. The minimum atomic E-state index is 0.428. The first kappa shape index (κ1) is 24.2. The van der Waals surface area contributed by atoms with Crippen LogP contribution in [0.15, 0.2) is 43.6 Å². The van der Waals surface area contributed by atoms with Crippen molar-refractivity contribution in [1.29, 1.82) is 0 Å². The lowest BCUT2D eigenvalue weighted by molar-refractivity contribution is 0.462. The van der Waals surface area contributed by atoms with Crippen molar-refractivity contribution in [3.63, 3.8) is 0 Å². The highest BCUT2D eigenvalue weighted by molar-refractivity contribution is 6.28. The number of furan rings is 3. The molecular formula is C24H35ClO3. The third kappa shape index (κ3) is 8.02. The second-order valence-electron chi connectivity index (χ2n) is 7.94. The Morgan fingerprint density at radius 3 is 1.36 bits per heavy atom. The molecule has 0 saturated heterocycles. The van der Waals surface area contributed by atoms with Gasteiger partial charge in [0.25, 0.3) is 0 Å². The summed E-state index contributed by atoms with van der Waals surface area (Å²) in [5, 5.41) is 0.471. The second-order valence-corrected chi connectivity index (χ2v) is 8.31. The first-order valence-corrected chi connectivity index (χ1v) is 10.3. The molecule has 0 spiro atoms. The molecule has 0 aliphatic heterocycles. The lowest BCUT2D eigenvalue weighted by atomic mass is 10.1. The van der Waals surface area contributed by atoms with Gasteiger partial charge >= 0.3 is 0 Å². The summed E-state index contributed by atoms with van der Waals surface area (Å²) in [5.41, 5.74) is 1.25. The van der Waals surface area contributed by atoms with E-state index < -0.39 is 0 Å². The van der Waals surface area contributed by atoms with E-state index >= 15 is 0 Å². The van der Waals surface area contributed by atoms with E-state index in [0.29, 0.717) is 23.0 Å². The molecule has 0 fully saturated rings. The van der Waals surface area contributed by atoms with E-state index in [2.05, 4.69) is 54.5 Å². The van der Waals surface area contributed by atoms with Crippen LogP contribution >= 0.6 is 11.6 Å². The average molecular weight is 407 g/mol. The molecule has 0 unspecified atom stereocenters. The van der Waals surface area contributed by atoms with Gasteiger partial charge in [-0.25, -0.2) is 0 Å². The SMILES string of the molecule is CC(C)c1ccc(Cl)o1.Cc1cc(C(C)C)oc1C.Cc1ccc(C(C)C)o1. The minimum absolute atomic E-state index is 0.428. The van der Waals surface area contributed by atoms with Crippen LogP contribution in [0.1, 0.15) is 93.7 Å². The van der Waals surface area contributed by atoms with Gasteiger partial charge in [0.2, 0.25) is 0 Å². The van der Waals surface area contributed by atoms with Crippen molar-refractivity contribution in [2.75, 3.05) is 0 Å². The molecule has 3 rings (SSSR count). The fraction of sp³-hybridized carbons (Fsp3) is 0.500. The van der Waals surface area contributed by atoms with E-state index in [-0.39, 0.29) is 0 Å². The van der Waals surface area contributed by atoms with Crippen LogP contribution in [0.25, 0.3) is 0 Å². The molecule has 0 aromatic carbocycles. The molecule has 0 bridgehead atoms. The highest BCUT2D eigenvalue weighted by atomic mass is 35.5. The molecule has 0 aliphatic carbocycles. The summed E-state index contributed by atoms with van der Waals surface area (Å²) in [6.07, 6.45) is 0. The fourth-order valence-corrected chi connectivity index (χ4v) is 2.44. The summed E-state index contributed by atoms with van der Waals surface area (Å²) in [4.78, 5) is 0.